The monoisotopic (exact) mass is 508 g/mol. The first-order valence-corrected chi connectivity index (χ1v) is 16.0. The summed E-state index contributed by atoms with van der Waals surface area (Å²) in [5.74, 6) is 0. The molecule has 35 heavy (non-hydrogen) atoms. The third-order valence-electron chi connectivity index (χ3n) is 7.68. The van der Waals surface area contributed by atoms with Gasteiger partial charge in [0.2, 0.25) is 0 Å². The van der Waals surface area contributed by atoms with Crippen LogP contribution in [0.2, 0.25) is 13.1 Å². The summed E-state index contributed by atoms with van der Waals surface area (Å²) in [4.78, 5) is 0. The normalized spacial score (nSPS) is 18.6. The third kappa shape index (κ3) is 3.65. The number of hydrogen-bond donors (Lipinski definition) is 0. The van der Waals surface area contributed by atoms with Crippen LogP contribution in [0.4, 0.5) is 0 Å². The quantitative estimate of drug-likeness (QED) is 0.240. The van der Waals surface area contributed by atoms with Crippen LogP contribution in [-0.2, 0) is 0 Å². The smallest absolute Gasteiger partial charge is 0.0753 e. The van der Waals surface area contributed by atoms with Gasteiger partial charge in [-0.3, -0.25) is 0 Å². The largest absolute Gasteiger partial charge is 0.0888 e. The predicted molar refractivity (Wildman–Crippen MR) is 154 cm³/mol. The molecule has 0 heterocycles. The fraction of sp³-hybridized carbons (Fsp3) is 0.125. The van der Waals surface area contributed by atoms with E-state index in [9.17, 15) is 0 Å². The summed E-state index contributed by atoms with van der Waals surface area (Å²) in [6, 6.07) is 34.5. The predicted octanol–water partition coefficient (Wildman–Crippen LogP) is 9.86. The minimum Gasteiger partial charge on any atom is -0.0888 e. The molecule has 0 amide bonds. The molecule has 2 atom stereocenters. The molecular formula is C32H26Cl2Si. The van der Waals surface area contributed by atoms with Gasteiger partial charge < -0.3 is 0 Å². The highest BCUT2D eigenvalue weighted by Crippen LogP contribution is 2.55. The van der Waals surface area contributed by atoms with Gasteiger partial charge in [0.15, 0.2) is 0 Å². The zero-order valence-corrected chi connectivity index (χ0v) is 22.3. The third-order valence-corrected chi connectivity index (χ3v) is 12.9. The first kappa shape index (κ1) is 22.6. The van der Waals surface area contributed by atoms with E-state index in [1.165, 1.54) is 44.5 Å². The van der Waals surface area contributed by atoms with Gasteiger partial charge in [-0.05, 0) is 56.7 Å². The standard InChI is InChI=1S/C32H26Cl2Si/c1-35(2,31-25-17-9-15-23(27(25)19-29(31)33)21-11-5-3-6-12-21)32-26-18-10-16-24(28(26)20-30(32)34)22-13-7-4-8-14-22/h3-20,31-32H,1-2H3. The van der Waals surface area contributed by atoms with E-state index < -0.39 is 8.07 Å². The van der Waals surface area contributed by atoms with E-state index in [4.69, 9.17) is 23.2 Å². The van der Waals surface area contributed by atoms with Crippen molar-refractivity contribution in [3.05, 3.63) is 129 Å². The van der Waals surface area contributed by atoms with Crippen molar-refractivity contribution < 1.29 is 0 Å². The van der Waals surface area contributed by atoms with Gasteiger partial charge in [-0.1, -0.05) is 133 Å². The lowest BCUT2D eigenvalue weighted by molar-refractivity contribution is 1.03. The van der Waals surface area contributed by atoms with E-state index in [0.717, 1.165) is 10.1 Å². The van der Waals surface area contributed by atoms with Crippen molar-refractivity contribution in [2.75, 3.05) is 0 Å². The molecule has 3 heteroatoms. The second-order valence-corrected chi connectivity index (χ2v) is 15.8. The van der Waals surface area contributed by atoms with Crippen LogP contribution in [0.3, 0.4) is 0 Å². The molecule has 0 saturated carbocycles. The fourth-order valence-corrected chi connectivity index (χ4v) is 12.3. The SMILES string of the molecule is C[Si](C)(C1C(Cl)=Cc2c(-c3ccccc3)cccc21)C1C(Cl)=Cc2c(-c3ccccc3)cccc21. The van der Waals surface area contributed by atoms with Crippen molar-refractivity contribution in [2.45, 2.75) is 24.2 Å². The molecule has 0 radical (unpaired) electrons. The summed E-state index contributed by atoms with van der Waals surface area (Å²) in [5, 5.41) is 1.88. The van der Waals surface area contributed by atoms with Gasteiger partial charge in [-0.15, -0.1) is 0 Å². The molecule has 0 aliphatic heterocycles. The summed E-state index contributed by atoms with van der Waals surface area (Å²) >= 11 is 14.2. The van der Waals surface area contributed by atoms with E-state index in [2.05, 4.69) is 122 Å². The Labute approximate surface area is 218 Å². The Kier molecular flexibility index (Phi) is 5.60. The molecule has 0 saturated heterocycles. The summed E-state index contributed by atoms with van der Waals surface area (Å²) < 4.78 is 0. The molecule has 2 aliphatic carbocycles. The zero-order chi connectivity index (χ0) is 24.2. The average molecular weight is 510 g/mol. The highest BCUT2D eigenvalue weighted by atomic mass is 35.5. The Hall–Kier alpha value is -2.84. The minimum absolute atomic E-state index is 0.196. The molecule has 0 nitrogen and oxygen atoms in total. The van der Waals surface area contributed by atoms with E-state index in [0.29, 0.717) is 0 Å². The Morgan fingerprint density at radius 2 is 0.914 bits per heavy atom. The summed E-state index contributed by atoms with van der Waals surface area (Å²) in [6.07, 6.45) is 4.40. The number of fused-ring (bicyclic) bond motifs is 2. The average Bonchev–Trinajstić information content (AvgIpc) is 3.41. The molecule has 0 bridgehead atoms. The van der Waals surface area contributed by atoms with E-state index in [1.54, 1.807) is 0 Å². The van der Waals surface area contributed by atoms with Crippen LogP contribution in [0.5, 0.6) is 0 Å². The number of benzene rings is 4. The Morgan fingerprint density at radius 3 is 1.31 bits per heavy atom. The van der Waals surface area contributed by atoms with E-state index >= 15 is 0 Å². The Bertz CT molecular complexity index is 1370. The van der Waals surface area contributed by atoms with E-state index in [1.807, 2.05) is 0 Å². The molecule has 0 N–H and O–H groups in total. The highest BCUT2D eigenvalue weighted by Gasteiger charge is 2.48. The minimum atomic E-state index is -2.11. The summed E-state index contributed by atoms with van der Waals surface area (Å²) in [5.41, 5.74) is 10.5. The van der Waals surface area contributed by atoms with Gasteiger partial charge in [-0.2, -0.15) is 0 Å². The summed E-state index contributed by atoms with van der Waals surface area (Å²) in [7, 11) is -2.11. The maximum absolute atomic E-state index is 7.10. The number of rotatable bonds is 4. The molecule has 0 fully saturated rings. The van der Waals surface area contributed by atoms with Crippen LogP contribution in [0, 0.1) is 0 Å². The highest BCUT2D eigenvalue weighted by molar-refractivity contribution is 6.83. The fourth-order valence-electron chi connectivity index (χ4n) is 6.15. The van der Waals surface area contributed by atoms with Crippen LogP contribution in [0.15, 0.2) is 107 Å². The first-order chi connectivity index (χ1) is 17.0. The van der Waals surface area contributed by atoms with Crippen LogP contribution in [-0.4, -0.2) is 8.07 Å². The Balaban J connectivity index is 1.46. The number of halogens is 2. The van der Waals surface area contributed by atoms with Crippen molar-refractivity contribution in [3.8, 4) is 22.3 Å². The first-order valence-electron chi connectivity index (χ1n) is 12.1. The molecule has 4 aromatic carbocycles. The van der Waals surface area contributed by atoms with Crippen molar-refractivity contribution in [1.82, 2.24) is 0 Å². The van der Waals surface area contributed by atoms with Crippen molar-refractivity contribution in [3.63, 3.8) is 0 Å². The zero-order valence-electron chi connectivity index (χ0n) is 19.8. The summed E-state index contributed by atoms with van der Waals surface area (Å²) in [6.45, 7) is 4.90. The molecule has 172 valence electrons. The van der Waals surface area contributed by atoms with Crippen LogP contribution in [0.25, 0.3) is 34.4 Å². The van der Waals surface area contributed by atoms with Gasteiger partial charge in [0.05, 0.1) is 8.07 Å². The van der Waals surface area contributed by atoms with Crippen LogP contribution >= 0.6 is 23.2 Å². The maximum atomic E-state index is 7.10. The molecule has 0 aromatic heterocycles. The molecule has 4 aromatic rings. The molecule has 2 unspecified atom stereocenters. The molecule has 6 rings (SSSR count). The van der Waals surface area contributed by atoms with Crippen molar-refractivity contribution >= 4 is 43.4 Å². The number of allylic oxidation sites excluding steroid dienone is 2. The topological polar surface area (TPSA) is 0 Å². The van der Waals surface area contributed by atoms with E-state index in [-0.39, 0.29) is 11.1 Å². The lowest BCUT2D eigenvalue weighted by Crippen LogP contribution is -2.41. The van der Waals surface area contributed by atoms with Gasteiger partial charge in [0.25, 0.3) is 0 Å². The molecule has 0 spiro atoms. The van der Waals surface area contributed by atoms with Gasteiger partial charge in [-0.25, -0.2) is 0 Å². The van der Waals surface area contributed by atoms with Crippen LogP contribution < -0.4 is 0 Å². The Morgan fingerprint density at radius 1 is 0.514 bits per heavy atom. The second kappa shape index (κ2) is 8.67. The number of hydrogen-bond acceptors (Lipinski definition) is 0. The van der Waals surface area contributed by atoms with Gasteiger partial charge in [0.1, 0.15) is 0 Å². The second-order valence-electron chi connectivity index (χ2n) is 10.1. The maximum Gasteiger partial charge on any atom is 0.0753 e. The molecule has 2 aliphatic rings. The molecular weight excluding hydrogens is 483 g/mol. The van der Waals surface area contributed by atoms with Crippen molar-refractivity contribution in [2.24, 2.45) is 0 Å². The van der Waals surface area contributed by atoms with Crippen LogP contribution in [0.1, 0.15) is 33.3 Å². The van der Waals surface area contributed by atoms with Gasteiger partial charge in [0, 0.05) is 21.1 Å². The van der Waals surface area contributed by atoms with Gasteiger partial charge >= 0.3 is 0 Å². The lowest BCUT2D eigenvalue weighted by atomic mass is 9.97. The lowest BCUT2D eigenvalue weighted by Gasteiger charge is -2.37. The van der Waals surface area contributed by atoms with Crippen molar-refractivity contribution in [1.29, 1.82) is 0 Å².